The molecular weight excluding hydrogens is 178 g/mol. The Bertz CT molecular complexity index is 495. The predicted octanol–water partition coefficient (Wildman–Crippen LogP) is 0.855. The molecule has 1 aromatic rings. The van der Waals surface area contributed by atoms with E-state index in [0.29, 0.717) is 0 Å². The molecule has 0 aromatic carbocycles. The molecule has 1 aliphatic heterocycles. The van der Waals surface area contributed by atoms with Gasteiger partial charge in [0, 0.05) is 0 Å². The molecule has 2 rings (SSSR count). The minimum absolute atomic E-state index is 0.141. The average molecular weight is 181 g/mol. The van der Waals surface area contributed by atoms with Crippen molar-refractivity contribution in [3.63, 3.8) is 0 Å². The molecule has 0 saturated heterocycles. The quantitative estimate of drug-likeness (QED) is 0.517. The van der Waals surface area contributed by atoms with E-state index in [1.54, 1.807) is 0 Å². The molecule has 0 aliphatic carbocycles. The van der Waals surface area contributed by atoms with Crippen LogP contribution in [0.15, 0.2) is 15.0 Å². The predicted molar refractivity (Wildman–Crippen MR) is 43.6 cm³/mol. The van der Waals surface area contributed by atoms with Crippen LogP contribution in [0.2, 0.25) is 0 Å². The molecule has 0 bridgehead atoms. The first-order valence-electron chi connectivity index (χ1n) is 3.06. The van der Waals surface area contributed by atoms with Crippen LogP contribution in [-0.4, -0.2) is 15.8 Å². The fourth-order valence-electron chi connectivity index (χ4n) is 0.919. The van der Waals surface area contributed by atoms with E-state index in [1.165, 1.54) is 0 Å². The third kappa shape index (κ3) is 0.832. The molecule has 2 heterocycles. The minimum Gasteiger partial charge on any atom is -0.315 e. The highest BCUT2D eigenvalue weighted by Gasteiger charge is 2.18. The molecule has 3 N–H and O–H groups in total. The third-order valence-corrected chi connectivity index (χ3v) is 1.61. The number of hydrogen-bond acceptors (Lipinski definition) is 4. The summed E-state index contributed by atoms with van der Waals surface area (Å²) in [5.74, 6) is 0.117. The summed E-state index contributed by atoms with van der Waals surface area (Å²) in [6.07, 6.45) is 0. The van der Waals surface area contributed by atoms with Crippen molar-refractivity contribution in [1.29, 1.82) is 5.41 Å². The van der Waals surface area contributed by atoms with E-state index >= 15 is 0 Å². The molecule has 12 heavy (non-hydrogen) atoms. The van der Waals surface area contributed by atoms with E-state index in [1.807, 2.05) is 0 Å². The molecule has 0 radical (unpaired) electrons. The van der Waals surface area contributed by atoms with Gasteiger partial charge in [-0.05, 0) is 12.2 Å². The number of hydrogen-bond donors (Lipinski definition) is 3. The zero-order valence-corrected chi connectivity index (χ0v) is 6.53. The highest BCUT2D eigenvalue weighted by atomic mass is 32.1. The molecular formula is C5H3N5OS. The van der Waals surface area contributed by atoms with Crippen molar-refractivity contribution in [2.75, 3.05) is 0 Å². The number of aromatic amines is 2. The molecule has 1 aromatic heterocycles. The lowest BCUT2D eigenvalue weighted by atomic mass is 10.3. The van der Waals surface area contributed by atoms with Crippen LogP contribution in [0.3, 0.4) is 0 Å². The van der Waals surface area contributed by atoms with Gasteiger partial charge in [-0.15, -0.1) is 10.2 Å². The zero-order chi connectivity index (χ0) is 8.72. The van der Waals surface area contributed by atoms with Crippen LogP contribution < -0.4 is 5.56 Å². The lowest BCUT2D eigenvalue weighted by molar-refractivity contribution is 1.07. The number of azo groups is 1. The maximum absolute atomic E-state index is 11.1. The van der Waals surface area contributed by atoms with Crippen LogP contribution in [0.1, 0.15) is 5.56 Å². The second-order valence-corrected chi connectivity index (χ2v) is 2.59. The van der Waals surface area contributed by atoms with Gasteiger partial charge in [0.1, 0.15) is 5.56 Å². The van der Waals surface area contributed by atoms with Crippen LogP contribution in [0, 0.1) is 10.2 Å². The lowest BCUT2D eigenvalue weighted by Crippen LogP contribution is -2.15. The summed E-state index contributed by atoms with van der Waals surface area (Å²) in [6, 6.07) is 0. The van der Waals surface area contributed by atoms with E-state index in [9.17, 15) is 4.79 Å². The van der Waals surface area contributed by atoms with Gasteiger partial charge in [-0.2, -0.15) is 0 Å². The van der Waals surface area contributed by atoms with Crippen molar-refractivity contribution in [3.05, 3.63) is 20.7 Å². The monoisotopic (exact) mass is 181 g/mol. The first kappa shape index (κ1) is 7.04. The van der Waals surface area contributed by atoms with E-state index in [2.05, 4.69) is 20.2 Å². The van der Waals surface area contributed by atoms with Gasteiger partial charge in [0.15, 0.2) is 16.4 Å². The number of nitrogens with one attached hydrogen (secondary N) is 3. The standard InChI is InChI=1S/C5H3N5OS/c6-2-1-3(10-9-2)7-5(12)8-4(1)11/h6H,(H2,7,8,11,12). The smallest absolute Gasteiger partial charge is 0.265 e. The largest absolute Gasteiger partial charge is 0.315 e. The van der Waals surface area contributed by atoms with E-state index in [4.69, 9.17) is 17.6 Å². The van der Waals surface area contributed by atoms with Crippen LogP contribution in [-0.2, 0) is 0 Å². The zero-order valence-electron chi connectivity index (χ0n) is 5.71. The molecule has 60 valence electrons. The maximum Gasteiger partial charge on any atom is 0.265 e. The second-order valence-electron chi connectivity index (χ2n) is 2.18. The average Bonchev–Trinajstić information content (AvgIpc) is 2.31. The number of amidine groups is 1. The van der Waals surface area contributed by atoms with E-state index in [0.717, 1.165) is 0 Å². The van der Waals surface area contributed by atoms with Crippen molar-refractivity contribution in [3.8, 4) is 0 Å². The fraction of sp³-hybridized carbons (Fsp3) is 0. The summed E-state index contributed by atoms with van der Waals surface area (Å²) in [6.45, 7) is 0. The van der Waals surface area contributed by atoms with Gasteiger partial charge < -0.3 is 4.98 Å². The van der Waals surface area contributed by atoms with E-state index < -0.39 is 5.56 Å². The number of aromatic nitrogens is 2. The fourth-order valence-corrected chi connectivity index (χ4v) is 1.11. The number of H-pyrrole nitrogens is 2. The van der Waals surface area contributed by atoms with E-state index in [-0.39, 0.29) is 22.0 Å². The van der Waals surface area contributed by atoms with Crippen LogP contribution in [0.4, 0.5) is 5.82 Å². The minimum atomic E-state index is -0.427. The first-order chi connectivity index (χ1) is 5.68. The summed E-state index contributed by atoms with van der Waals surface area (Å²) >= 11 is 4.70. The summed E-state index contributed by atoms with van der Waals surface area (Å²) in [7, 11) is 0. The molecule has 7 heteroatoms. The SMILES string of the molecule is N=C1N=Nc2[nH]c(=S)[nH]c(=O)c21. The van der Waals surface area contributed by atoms with Crippen LogP contribution in [0.25, 0.3) is 0 Å². The molecule has 0 amide bonds. The van der Waals surface area contributed by atoms with Gasteiger partial charge >= 0.3 is 0 Å². The highest BCUT2D eigenvalue weighted by Crippen LogP contribution is 2.18. The second kappa shape index (κ2) is 2.18. The summed E-state index contributed by atoms with van der Waals surface area (Å²) in [5.41, 5.74) is -0.285. The van der Waals surface area contributed by atoms with Gasteiger partial charge in [-0.3, -0.25) is 15.2 Å². The Morgan fingerprint density at radius 2 is 2.08 bits per heavy atom. The Morgan fingerprint density at radius 3 is 2.83 bits per heavy atom. The lowest BCUT2D eigenvalue weighted by Gasteiger charge is -1.91. The Labute approximate surface area is 70.9 Å². The van der Waals surface area contributed by atoms with Gasteiger partial charge in [-0.25, -0.2) is 0 Å². The summed E-state index contributed by atoms with van der Waals surface area (Å²) in [5, 5.41) is 14.2. The van der Waals surface area contributed by atoms with Gasteiger partial charge in [0.05, 0.1) is 0 Å². The molecule has 0 fully saturated rings. The van der Waals surface area contributed by atoms with Crippen molar-refractivity contribution >= 4 is 23.9 Å². The van der Waals surface area contributed by atoms with Gasteiger partial charge in [-0.1, -0.05) is 0 Å². The molecule has 0 saturated carbocycles. The van der Waals surface area contributed by atoms with Crippen LogP contribution in [0.5, 0.6) is 0 Å². The van der Waals surface area contributed by atoms with Gasteiger partial charge in [0.2, 0.25) is 0 Å². The Morgan fingerprint density at radius 1 is 1.33 bits per heavy atom. The first-order valence-corrected chi connectivity index (χ1v) is 3.46. The summed E-state index contributed by atoms with van der Waals surface area (Å²) in [4.78, 5) is 16.1. The molecule has 0 atom stereocenters. The molecule has 0 unspecified atom stereocenters. The van der Waals surface area contributed by atoms with Crippen molar-refractivity contribution in [1.82, 2.24) is 9.97 Å². The van der Waals surface area contributed by atoms with Crippen molar-refractivity contribution < 1.29 is 0 Å². The number of rotatable bonds is 0. The Hall–Kier alpha value is -1.63. The third-order valence-electron chi connectivity index (χ3n) is 1.41. The molecule has 6 nitrogen and oxygen atoms in total. The molecule has 1 aliphatic rings. The van der Waals surface area contributed by atoms with Crippen LogP contribution >= 0.6 is 12.2 Å². The normalized spacial score (nSPS) is 13.5. The number of fused-ring (bicyclic) bond motifs is 1. The van der Waals surface area contributed by atoms with Gasteiger partial charge in [0.25, 0.3) is 5.56 Å². The highest BCUT2D eigenvalue weighted by molar-refractivity contribution is 7.71. The number of nitrogens with zero attached hydrogens (tertiary/aromatic N) is 2. The Kier molecular flexibility index (Phi) is 1.28. The summed E-state index contributed by atoms with van der Waals surface area (Å²) < 4.78 is 0.187. The van der Waals surface area contributed by atoms with Crippen molar-refractivity contribution in [2.45, 2.75) is 0 Å². The topological polar surface area (TPSA) is 97.2 Å². The molecule has 0 spiro atoms. The Balaban J connectivity index is 2.92. The van der Waals surface area contributed by atoms with Crippen molar-refractivity contribution in [2.24, 2.45) is 10.2 Å². The maximum atomic E-state index is 11.1.